The van der Waals surface area contributed by atoms with Gasteiger partial charge in [0.1, 0.15) is 17.5 Å². The topological polar surface area (TPSA) is 127 Å². The Labute approximate surface area is 218 Å². The van der Waals surface area contributed by atoms with Crippen LogP contribution in [-0.4, -0.2) is 71.7 Å². The largest absolute Gasteiger partial charge is 0.382 e. The van der Waals surface area contributed by atoms with Crippen molar-refractivity contribution in [3.05, 3.63) is 45.3 Å². The van der Waals surface area contributed by atoms with Gasteiger partial charge in [0.25, 0.3) is 0 Å². The highest BCUT2D eigenvalue weighted by Gasteiger charge is 2.27. The highest BCUT2D eigenvalue weighted by atomic mass is 35.5. The third-order valence-electron chi connectivity index (χ3n) is 5.42. The standard InChI is InChI=1S/C20H26Cl2FN7O.2C2H6/c1-29-6-4-11(9-29)20(31)28-18(25)15(24)8-16-19(26)27-5-7-30(16)10-12-13(21)2-3-14(23)17(12)22;2*1-2/h2-3,8,11,20,24,31H,4-7,9-10H2,1H3,(H2,25,28)(H2,26,27);2*1-2H3/b16-8+,24-15?;;. The van der Waals surface area contributed by atoms with Crippen LogP contribution in [0.5, 0.6) is 0 Å². The average molecular weight is 531 g/mol. The first kappa shape index (κ1) is 30.8. The second-order valence-corrected chi connectivity index (χ2v) is 8.48. The molecule has 2 heterocycles. The zero-order valence-corrected chi connectivity index (χ0v) is 22.7. The number of rotatable bonds is 6. The third kappa shape index (κ3) is 8.45. The summed E-state index contributed by atoms with van der Waals surface area (Å²) in [6.07, 6.45) is 1.26. The molecule has 35 heavy (non-hydrogen) atoms. The number of hydrogen-bond donors (Lipinski definition) is 4. The van der Waals surface area contributed by atoms with Crippen molar-refractivity contribution >= 4 is 40.6 Å². The van der Waals surface area contributed by atoms with Gasteiger partial charge in [-0.05, 0) is 38.2 Å². The summed E-state index contributed by atoms with van der Waals surface area (Å²) >= 11 is 12.3. The molecular weight excluding hydrogens is 492 g/mol. The summed E-state index contributed by atoms with van der Waals surface area (Å²) in [4.78, 5) is 12.2. The molecule has 0 saturated carbocycles. The van der Waals surface area contributed by atoms with Crippen LogP contribution in [-0.2, 0) is 6.54 Å². The van der Waals surface area contributed by atoms with Crippen molar-refractivity contribution in [2.24, 2.45) is 27.4 Å². The van der Waals surface area contributed by atoms with Gasteiger partial charge >= 0.3 is 0 Å². The molecule has 6 N–H and O–H groups in total. The SMILES string of the molecule is CC.CC.CN1CCC(C(O)/N=C(\N)C(=N)/C=C2\C(N)=NCCN2Cc2c(Cl)ccc(F)c2Cl)C1. The number of nitrogens with zero attached hydrogens (tertiary/aromatic N) is 4. The maximum absolute atomic E-state index is 13.9. The fraction of sp³-hybridized carbons (Fsp3) is 0.542. The van der Waals surface area contributed by atoms with E-state index in [0.717, 1.165) is 19.5 Å². The summed E-state index contributed by atoms with van der Waals surface area (Å²) < 4.78 is 13.9. The first-order valence-electron chi connectivity index (χ1n) is 11.9. The molecule has 1 aromatic carbocycles. The predicted octanol–water partition coefficient (Wildman–Crippen LogP) is 3.89. The van der Waals surface area contributed by atoms with E-state index in [1.807, 2.05) is 34.7 Å². The molecule has 0 bridgehead atoms. The maximum atomic E-state index is 13.9. The minimum atomic E-state index is -0.984. The second-order valence-electron chi connectivity index (χ2n) is 7.69. The van der Waals surface area contributed by atoms with E-state index >= 15 is 0 Å². The Kier molecular flexibility index (Phi) is 13.2. The fourth-order valence-corrected chi connectivity index (χ4v) is 4.12. The summed E-state index contributed by atoms with van der Waals surface area (Å²) in [7, 11) is 1.98. The van der Waals surface area contributed by atoms with Crippen molar-refractivity contribution < 1.29 is 9.50 Å². The van der Waals surface area contributed by atoms with Gasteiger partial charge in [-0.25, -0.2) is 9.38 Å². The van der Waals surface area contributed by atoms with E-state index in [0.29, 0.717) is 29.4 Å². The summed E-state index contributed by atoms with van der Waals surface area (Å²) in [6, 6.07) is 2.65. The molecule has 2 aliphatic heterocycles. The van der Waals surface area contributed by atoms with Crippen molar-refractivity contribution in [1.82, 2.24) is 9.80 Å². The van der Waals surface area contributed by atoms with Crippen molar-refractivity contribution in [1.29, 1.82) is 5.41 Å². The van der Waals surface area contributed by atoms with Gasteiger partial charge in [0, 0.05) is 36.1 Å². The third-order valence-corrected chi connectivity index (χ3v) is 6.18. The lowest BCUT2D eigenvalue weighted by atomic mass is 10.1. The average Bonchev–Trinajstić information content (AvgIpc) is 3.30. The Hall–Kier alpha value is -2.20. The van der Waals surface area contributed by atoms with Gasteiger partial charge in [0.05, 0.1) is 23.0 Å². The molecule has 0 aromatic heterocycles. The van der Waals surface area contributed by atoms with Gasteiger partial charge in [-0.15, -0.1) is 0 Å². The minimum absolute atomic E-state index is 0.0286. The lowest BCUT2D eigenvalue weighted by Crippen LogP contribution is -2.39. The molecule has 1 aromatic rings. The fourth-order valence-electron chi connectivity index (χ4n) is 3.63. The summed E-state index contributed by atoms with van der Waals surface area (Å²) in [5, 5.41) is 18.9. The molecule has 0 radical (unpaired) electrons. The van der Waals surface area contributed by atoms with Crippen LogP contribution in [0.15, 0.2) is 33.9 Å². The second kappa shape index (κ2) is 15.0. The number of hydrogen-bond acceptors (Lipinski definition) is 7. The molecule has 2 aliphatic rings. The van der Waals surface area contributed by atoms with Gasteiger partial charge in [0.15, 0.2) is 6.23 Å². The van der Waals surface area contributed by atoms with E-state index in [1.54, 1.807) is 4.90 Å². The number of amidine groups is 2. The Morgan fingerprint density at radius 1 is 1.31 bits per heavy atom. The van der Waals surface area contributed by atoms with E-state index in [2.05, 4.69) is 14.9 Å². The number of nitrogens with two attached hydrogens (primary N) is 2. The number of halogens is 3. The molecule has 1 fully saturated rings. The monoisotopic (exact) mass is 529 g/mol. The maximum Gasteiger partial charge on any atom is 0.151 e. The summed E-state index contributed by atoms with van der Waals surface area (Å²) in [5.41, 5.74) is 12.8. The van der Waals surface area contributed by atoms with E-state index < -0.39 is 12.0 Å². The summed E-state index contributed by atoms with van der Waals surface area (Å²) in [6.45, 7) is 10.7. The van der Waals surface area contributed by atoms with E-state index in [4.69, 9.17) is 40.1 Å². The van der Waals surface area contributed by atoms with Crippen molar-refractivity contribution in [3.8, 4) is 0 Å². The lowest BCUT2D eigenvalue weighted by Gasteiger charge is -2.30. The number of benzene rings is 1. The minimum Gasteiger partial charge on any atom is -0.382 e. The Bertz CT molecular complexity index is 952. The molecule has 0 aliphatic carbocycles. The number of aliphatic imine (C=N–C) groups is 2. The van der Waals surface area contributed by atoms with Crippen molar-refractivity contribution in [3.63, 3.8) is 0 Å². The van der Waals surface area contributed by atoms with E-state index in [-0.39, 0.29) is 34.9 Å². The molecule has 2 unspecified atom stereocenters. The van der Waals surface area contributed by atoms with Crippen molar-refractivity contribution in [2.45, 2.75) is 46.9 Å². The van der Waals surface area contributed by atoms with E-state index in [1.165, 1.54) is 18.2 Å². The highest BCUT2D eigenvalue weighted by Crippen LogP contribution is 2.30. The zero-order valence-electron chi connectivity index (χ0n) is 21.2. The number of nitrogens with one attached hydrogen (secondary N) is 1. The molecular formula is C24H38Cl2FN7O. The van der Waals surface area contributed by atoms with Gasteiger partial charge < -0.3 is 26.4 Å². The van der Waals surface area contributed by atoms with E-state index in [9.17, 15) is 9.50 Å². The number of likely N-dealkylation sites (tertiary alicyclic amines) is 1. The number of aliphatic hydroxyl groups is 1. The quantitative estimate of drug-likeness (QED) is 0.252. The smallest absolute Gasteiger partial charge is 0.151 e. The van der Waals surface area contributed by atoms with Crippen LogP contribution in [0, 0.1) is 17.1 Å². The van der Waals surface area contributed by atoms with Gasteiger partial charge in [-0.3, -0.25) is 10.4 Å². The molecule has 3 rings (SSSR count). The molecule has 2 atom stereocenters. The van der Waals surface area contributed by atoms with Crippen LogP contribution in [0.4, 0.5) is 4.39 Å². The van der Waals surface area contributed by atoms with Crippen LogP contribution >= 0.6 is 23.2 Å². The predicted molar refractivity (Wildman–Crippen MR) is 145 cm³/mol. The van der Waals surface area contributed by atoms with Crippen LogP contribution in [0.25, 0.3) is 0 Å². The van der Waals surface area contributed by atoms with Crippen LogP contribution < -0.4 is 11.5 Å². The zero-order chi connectivity index (χ0) is 26.7. The Morgan fingerprint density at radius 2 is 1.97 bits per heavy atom. The normalized spacial score (nSPS) is 20.4. The molecule has 0 amide bonds. The Balaban J connectivity index is 0.00000145. The molecule has 1 saturated heterocycles. The van der Waals surface area contributed by atoms with Crippen LogP contribution in [0.3, 0.4) is 0 Å². The molecule has 11 heteroatoms. The van der Waals surface area contributed by atoms with Gasteiger partial charge in [-0.2, -0.15) is 0 Å². The van der Waals surface area contributed by atoms with Gasteiger partial charge in [-0.1, -0.05) is 50.9 Å². The lowest BCUT2D eigenvalue weighted by molar-refractivity contribution is 0.121. The van der Waals surface area contributed by atoms with Crippen molar-refractivity contribution in [2.75, 3.05) is 33.2 Å². The molecule has 196 valence electrons. The number of aliphatic hydroxyl groups excluding tert-OH is 1. The Morgan fingerprint density at radius 3 is 2.57 bits per heavy atom. The van der Waals surface area contributed by atoms with Crippen LogP contribution in [0.2, 0.25) is 10.0 Å². The first-order chi connectivity index (χ1) is 16.7. The summed E-state index contributed by atoms with van der Waals surface area (Å²) in [5.74, 6) is -0.486. The van der Waals surface area contributed by atoms with Crippen LogP contribution in [0.1, 0.15) is 39.7 Å². The molecule has 0 spiro atoms. The molecule has 8 nitrogen and oxygen atoms in total. The first-order valence-corrected chi connectivity index (χ1v) is 12.6. The van der Waals surface area contributed by atoms with Gasteiger partial charge in [0.2, 0.25) is 0 Å². The highest BCUT2D eigenvalue weighted by molar-refractivity contribution is 6.44.